The summed E-state index contributed by atoms with van der Waals surface area (Å²) in [7, 11) is 1.32. The van der Waals surface area contributed by atoms with Gasteiger partial charge in [0.2, 0.25) is 0 Å². The molecule has 0 fully saturated rings. The Morgan fingerprint density at radius 1 is 1.03 bits per heavy atom. The first-order valence-electron chi connectivity index (χ1n) is 8.89. The fraction of sp³-hybridized carbons (Fsp3) is 0.0909. The number of aryl methyl sites for hydroxylation is 1. The van der Waals surface area contributed by atoms with Crippen molar-refractivity contribution in [2.24, 2.45) is 0 Å². The minimum atomic E-state index is -0.439. The van der Waals surface area contributed by atoms with Gasteiger partial charge in [-0.15, -0.1) is 0 Å². The Bertz CT molecular complexity index is 1200. The molecule has 0 radical (unpaired) electrons. The number of carbonyl (C=O) groups is 2. The van der Waals surface area contributed by atoms with Gasteiger partial charge < -0.3 is 14.6 Å². The van der Waals surface area contributed by atoms with E-state index in [0.717, 1.165) is 5.56 Å². The lowest BCUT2D eigenvalue weighted by atomic mass is 10.0. The van der Waals surface area contributed by atoms with Crippen molar-refractivity contribution in [3.8, 4) is 11.3 Å². The smallest absolute Gasteiger partial charge is 0.337 e. The van der Waals surface area contributed by atoms with Gasteiger partial charge in [0.25, 0.3) is 11.6 Å². The van der Waals surface area contributed by atoms with E-state index < -0.39 is 5.97 Å². The lowest BCUT2D eigenvalue weighted by Crippen LogP contribution is -2.13. The second-order valence-corrected chi connectivity index (χ2v) is 6.39. The molecule has 0 aliphatic heterocycles. The van der Waals surface area contributed by atoms with Crippen LogP contribution in [-0.4, -0.2) is 29.1 Å². The molecule has 0 saturated heterocycles. The van der Waals surface area contributed by atoms with Crippen molar-refractivity contribution < 1.29 is 18.8 Å². The highest BCUT2D eigenvalue weighted by molar-refractivity contribution is 6.13. The molecule has 0 saturated carbocycles. The van der Waals surface area contributed by atoms with E-state index in [9.17, 15) is 9.59 Å². The molecule has 0 spiro atoms. The third kappa shape index (κ3) is 3.58. The van der Waals surface area contributed by atoms with Gasteiger partial charge in [-0.3, -0.25) is 4.79 Å². The molecule has 144 valence electrons. The first-order chi connectivity index (χ1) is 14.1. The van der Waals surface area contributed by atoms with Crippen LogP contribution in [0.4, 0.5) is 5.69 Å². The average molecular weight is 387 g/mol. The van der Waals surface area contributed by atoms with E-state index in [2.05, 4.69) is 20.2 Å². The minimum absolute atomic E-state index is 0.301. The second-order valence-electron chi connectivity index (χ2n) is 6.39. The lowest BCUT2D eigenvalue weighted by molar-refractivity contribution is 0.0600. The molecule has 1 amide bonds. The SMILES string of the molecule is COC(=O)c1ccc(NC(=O)c2cc(-c3ccccc3)nc3onc(C)c23)cc1. The summed E-state index contributed by atoms with van der Waals surface area (Å²) in [6.45, 7) is 1.76. The third-order valence-electron chi connectivity index (χ3n) is 4.50. The molecule has 1 N–H and O–H groups in total. The number of benzene rings is 2. The number of fused-ring (bicyclic) bond motifs is 1. The maximum Gasteiger partial charge on any atom is 0.337 e. The molecule has 7 nitrogen and oxygen atoms in total. The summed E-state index contributed by atoms with van der Waals surface area (Å²) >= 11 is 0. The number of pyridine rings is 1. The second kappa shape index (κ2) is 7.55. The topological polar surface area (TPSA) is 94.3 Å². The number of hydrogen-bond donors (Lipinski definition) is 1. The molecule has 0 aliphatic carbocycles. The number of aromatic nitrogens is 2. The predicted molar refractivity (Wildman–Crippen MR) is 108 cm³/mol. The van der Waals surface area contributed by atoms with E-state index in [4.69, 9.17) is 4.52 Å². The molecular weight excluding hydrogens is 370 g/mol. The van der Waals surface area contributed by atoms with Gasteiger partial charge in [-0.25, -0.2) is 9.78 Å². The van der Waals surface area contributed by atoms with Crippen LogP contribution in [0.25, 0.3) is 22.4 Å². The largest absolute Gasteiger partial charge is 0.465 e. The Morgan fingerprint density at radius 3 is 2.45 bits per heavy atom. The van der Waals surface area contributed by atoms with Crippen LogP contribution in [0.2, 0.25) is 0 Å². The molecule has 0 unspecified atom stereocenters. The van der Waals surface area contributed by atoms with E-state index in [0.29, 0.717) is 39.3 Å². The molecule has 0 atom stereocenters. The van der Waals surface area contributed by atoms with Gasteiger partial charge >= 0.3 is 5.97 Å². The number of carbonyl (C=O) groups excluding carboxylic acids is 2. The van der Waals surface area contributed by atoms with Crippen LogP contribution in [0.1, 0.15) is 26.4 Å². The number of anilines is 1. The summed E-state index contributed by atoms with van der Waals surface area (Å²) in [5, 5.41) is 7.36. The van der Waals surface area contributed by atoms with E-state index in [-0.39, 0.29) is 5.91 Å². The summed E-state index contributed by atoms with van der Waals surface area (Å²) in [6.07, 6.45) is 0. The maximum atomic E-state index is 13.0. The quantitative estimate of drug-likeness (QED) is 0.527. The van der Waals surface area contributed by atoms with Crippen molar-refractivity contribution in [1.29, 1.82) is 0 Å². The zero-order valence-electron chi connectivity index (χ0n) is 15.8. The summed E-state index contributed by atoms with van der Waals surface area (Å²) in [5.74, 6) is -0.766. The highest BCUT2D eigenvalue weighted by Crippen LogP contribution is 2.27. The number of methoxy groups -OCH3 is 1. The maximum absolute atomic E-state index is 13.0. The monoisotopic (exact) mass is 387 g/mol. The molecular formula is C22H17N3O4. The number of rotatable bonds is 4. The Hall–Kier alpha value is -4.00. The predicted octanol–water partition coefficient (Wildman–Crippen LogP) is 4.24. The number of ether oxygens (including phenoxy) is 1. The van der Waals surface area contributed by atoms with Gasteiger partial charge in [0.1, 0.15) is 0 Å². The molecule has 2 heterocycles. The first kappa shape index (κ1) is 18.4. The standard InChI is InChI=1S/C22H17N3O4/c1-13-19-17(20(26)23-16-10-8-15(9-11-16)22(27)28-2)12-18(24-21(19)29-25-13)14-6-4-3-5-7-14/h3-12H,1-2H3,(H,23,26). The van der Waals surface area contributed by atoms with Crippen LogP contribution in [-0.2, 0) is 4.74 Å². The molecule has 2 aromatic heterocycles. The molecule has 0 aliphatic rings. The van der Waals surface area contributed by atoms with Gasteiger partial charge in [-0.2, -0.15) is 0 Å². The molecule has 7 heteroatoms. The van der Waals surface area contributed by atoms with Crippen LogP contribution < -0.4 is 5.32 Å². The van der Waals surface area contributed by atoms with Crippen LogP contribution in [0, 0.1) is 6.92 Å². The Labute approximate surface area is 166 Å². The fourth-order valence-corrected chi connectivity index (χ4v) is 3.04. The average Bonchev–Trinajstić information content (AvgIpc) is 3.14. The van der Waals surface area contributed by atoms with Gasteiger partial charge in [-0.05, 0) is 37.3 Å². The Kier molecular flexibility index (Phi) is 4.78. The third-order valence-corrected chi connectivity index (χ3v) is 4.50. The summed E-state index contributed by atoms with van der Waals surface area (Å²) in [5.41, 5.74) is 3.71. The lowest BCUT2D eigenvalue weighted by Gasteiger charge is -2.09. The van der Waals surface area contributed by atoms with Crippen molar-refractivity contribution in [3.63, 3.8) is 0 Å². The first-order valence-corrected chi connectivity index (χ1v) is 8.89. The molecule has 4 rings (SSSR count). The van der Waals surface area contributed by atoms with Gasteiger partial charge in [0.15, 0.2) is 0 Å². The van der Waals surface area contributed by atoms with E-state index >= 15 is 0 Å². The van der Waals surface area contributed by atoms with Crippen molar-refractivity contribution in [2.45, 2.75) is 6.92 Å². The zero-order valence-corrected chi connectivity index (χ0v) is 15.8. The van der Waals surface area contributed by atoms with Crippen LogP contribution in [0.5, 0.6) is 0 Å². The molecule has 4 aromatic rings. The zero-order chi connectivity index (χ0) is 20.4. The van der Waals surface area contributed by atoms with Crippen LogP contribution in [0.15, 0.2) is 65.2 Å². The van der Waals surface area contributed by atoms with E-state index in [1.807, 2.05) is 30.3 Å². The number of hydrogen-bond acceptors (Lipinski definition) is 6. The van der Waals surface area contributed by atoms with Gasteiger partial charge in [0.05, 0.1) is 35.0 Å². The summed E-state index contributed by atoms with van der Waals surface area (Å²) in [4.78, 5) is 29.1. The summed E-state index contributed by atoms with van der Waals surface area (Å²) < 4.78 is 10.00. The van der Waals surface area contributed by atoms with Crippen molar-refractivity contribution in [3.05, 3.63) is 77.5 Å². The van der Waals surface area contributed by atoms with Crippen molar-refractivity contribution in [1.82, 2.24) is 10.1 Å². The van der Waals surface area contributed by atoms with Gasteiger partial charge in [0, 0.05) is 11.3 Å². The fourth-order valence-electron chi connectivity index (χ4n) is 3.04. The number of amides is 1. The number of esters is 1. The van der Waals surface area contributed by atoms with E-state index in [1.54, 1.807) is 37.3 Å². The number of nitrogens with zero attached hydrogens (tertiary/aromatic N) is 2. The normalized spacial score (nSPS) is 10.7. The van der Waals surface area contributed by atoms with Crippen molar-refractivity contribution in [2.75, 3.05) is 12.4 Å². The Morgan fingerprint density at radius 2 is 1.76 bits per heavy atom. The van der Waals surface area contributed by atoms with E-state index in [1.165, 1.54) is 7.11 Å². The molecule has 0 bridgehead atoms. The van der Waals surface area contributed by atoms with Crippen molar-refractivity contribution >= 4 is 28.7 Å². The highest BCUT2D eigenvalue weighted by atomic mass is 16.5. The Balaban J connectivity index is 1.71. The van der Waals surface area contributed by atoms with Gasteiger partial charge in [-0.1, -0.05) is 35.5 Å². The van der Waals surface area contributed by atoms with Crippen LogP contribution in [0.3, 0.4) is 0 Å². The minimum Gasteiger partial charge on any atom is -0.465 e. The molecule has 2 aromatic carbocycles. The number of nitrogens with one attached hydrogen (secondary N) is 1. The highest BCUT2D eigenvalue weighted by Gasteiger charge is 2.19. The van der Waals surface area contributed by atoms with Crippen LogP contribution >= 0.6 is 0 Å². The summed E-state index contributed by atoms with van der Waals surface area (Å²) in [6, 6.07) is 17.7. The molecule has 29 heavy (non-hydrogen) atoms.